The predicted octanol–water partition coefficient (Wildman–Crippen LogP) is -0.507. The maximum Gasteiger partial charge on any atom is 0.472 e. The molecule has 12 heavy (non-hydrogen) atoms. The van der Waals surface area contributed by atoms with Crippen molar-refractivity contribution in [2.24, 2.45) is 0 Å². The molecule has 74 valence electrons. The highest BCUT2D eigenvalue weighted by molar-refractivity contribution is 7.47. The van der Waals surface area contributed by atoms with E-state index in [1.807, 2.05) is 0 Å². The Morgan fingerprint density at radius 2 is 2.08 bits per heavy atom. The molecule has 0 bridgehead atoms. The standard InChI is InChI=1S/C5H13O6P/c1-2-10-12(8,9)11-4-5(7)3-6/h5-7H,2-4H2,1H3,(H,8,9)/t5-/m1/s1. The van der Waals surface area contributed by atoms with E-state index in [1.165, 1.54) is 6.92 Å². The molecule has 0 rings (SSSR count). The zero-order valence-electron chi connectivity index (χ0n) is 6.71. The van der Waals surface area contributed by atoms with E-state index in [-0.39, 0.29) is 6.61 Å². The summed E-state index contributed by atoms with van der Waals surface area (Å²) in [5.74, 6) is 0. The van der Waals surface area contributed by atoms with Crippen molar-refractivity contribution in [3.63, 3.8) is 0 Å². The van der Waals surface area contributed by atoms with E-state index in [2.05, 4.69) is 9.05 Å². The van der Waals surface area contributed by atoms with E-state index >= 15 is 0 Å². The largest absolute Gasteiger partial charge is 0.472 e. The summed E-state index contributed by atoms with van der Waals surface area (Å²) in [5, 5.41) is 17.0. The monoisotopic (exact) mass is 200 g/mol. The number of phosphoric acid groups is 1. The van der Waals surface area contributed by atoms with Crippen LogP contribution in [-0.2, 0) is 13.6 Å². The van der Waals surface area contributed by atoms with Crippen LogP contribution in [0.1, 0.15) is 6.92 Å². The van der Waals surface area contributed by atoms with Crippen molar-refractivity contribution < 1.29 is 28.7 Å². The van der Waals surface area contributed by atoms with Gasteiger partial charge in [0.2, 0.25) is 0 Å². The number of phosphoric ester groups is 1. The van der Waals surface area contributed by atoms with Gasteiger partial charge >= 0.3 is 7.82 Å². The molecule has 0 saturated heterocycles. The van der Waals surface area contributed by atoms with Crippen molar-refractivity contribution in [3.05, 3.63) is 0 Å². The lowest BCUT2D eigenvalue weighted by Crippen LogP contribution is -2.18. The maximum atomic E-state index is 10.8. The van der Waals surface area contributed by atoms with Crippen LogP contribution in [0.2, 0.25) is 0 Å². The molecule has 0 saturated carbocycles. The highest BCUT2D eigenvalue weighted by Crippen LogP contribution is 2.42. The molecule has 3 N–H and O–H groups in total. The zero-order chi connectivity index (χ0) is 9.61. The molecular formula is C5H13O6P. The third kappa shape index (κ3) is 5.65. The van der Waals surface area contributed by atoms with Crippen molar-refractivity contribution in [3.8, 4) is 0 Å². The fourth-order valence-electron chi connectivity index (χ4n) is 0.433. The molecule has 2 atom stereocenters. The van der Waals surface area contributed by atoms with Crippen LogP contribution < -0.4 is 0 Å². The van der Waals surface area contributed by atoms with Crippen LogP contribution >= 0.6 is 7.82 Å². The fourth-order valence-corrected chi connectivity index (χ4v) is 1.19. The minimum Gasteiger partial charge on any atom is -0.394 e. The predicted molar refractivity (Wildman–Crippen MR) is 40.5 cm³/mol. The van der Waals surface area contributed by atoms with Crippen LogP contribution in [0.5, 0.6) is 0 Å². The molecule has 0 amide bonds. The molecule has 0 aliphatic carbocycles. The van der Waals surface area contributed by atoms with Crippen LogP contribution in [0.15, 0.2) is 0 Å². The van der Waals surface area contributed by atoms with Crippen LogP contribution in [-0.4, -0.2) is 41.0 Å². The second-order valence-electron chi connectivity index (χ2n) is 2.02. The van der Waals surface area contributed by atoms with Gasteiger partial charge in [0.1, 0.15) is 6.10 Å². The van der Waals surface area contributed by atoms with Crippen LogP contribution in [0.4, 0.5) is 0 Å². The first-order valence-corrected chi connectivity index (χ1v) is 4.92. The van der Waals surface area contributed by atoms with Crippen molar-refractivity contribution in [1.82, 2.24) is 0 Å². The van der Waals surface area contributed by atoms with E-state index in [1.54, 1.807) is 0 Å². The molecule has 6 nitrogen and oxygen atoms in total. The third-order valence-corrected chi connectivity index (χ3v) is 1.99. The summed E-state index contributed by atoms with van der Waals surface area (Å²) in [4.78, 5) is 8.78. The zero-order valence-corrected chi connectivity index (χ0v) is 7.61. The molecule has 0 spiro atoms. The van der Waals surface area contributed by atoms with Crippen LogP contribution in [0.25, 0.3) is 0 Å². The number of aliphatic hydroxyl groups excluding tert-OH is 2. The van der Waals surface area contributed by atoms with Gasteiger partial charge in [-0.3, -0.25) is 9.05 Å². The van der Waals surface area contributed by atoms with Gasteiger partial charge in [0.25, 0.3) is 0 Å². The van der Waals surface area contributed by atoms with E-state index < -0.39 is 27.1 Å². The first-order chi connectivity index (χ1) is 5.52. The summed E-state index contributed by atoms with van der Waals surface area (Å²) in [6.07, 6.45) is -1.16. The van der Waals surface area contributed by atoms with Gasteiger partial charge in [-0.1, -0.05) is 0 Å². The summed E-state index contributed by atoms with van der Waals surface area (Å²) in [7, 11) is -4.03. The number of rotatable bonds is 6. The SMILES string of the molecule is CCOP(=O)(O)OC[C@H](O)CO. The molecule has 0 aliphatic heterocycles. The Balaban J connectivity index is 3.67. The quantitative estimate of drug-likeness (QED) is 0.500. The van der Waals surface area contributed by atoms with Crippen molar-refractivity contribution in [2.45, 2.75) is 13.0 Å². The summed E-state index contributed by atoms with van der Waals surface area (Å²) in [5.41, 5.74) is 0. The second kappa shape index (κ2) is 5.64. The van der Waals surface area contributed by atoms with Gasteiger partial charge in [0, 0.05) is 0 Å². The van der Waals surface area contributed by atoms with Crippen LogP contribution in [0.3, 0.4) is 0 Å². The van der Waals surface area contributed by atoms with Crippen molar-refractivity contribution in [2.75, 3.05) is 19.8 Å². The van der Waals surface area contributed by atoms with Gasteiger partial charge in [-0.2, -0.15) is 0 Å². The lowest BCUT2D eigenvalue weighted by Gasteiger charge is -2.12. The highest BCUT2D eigenvalue weighted by atomic mass is 31.2. The number of aliphatic hydroxyl groups is 2. The molecule has 0 aromatic carbocycles. The Bertz CT molecular complexity index is 160. The molecule has 0 heterocycles. The Morgan fingerprint density at radius 1 is 1.50 bits per heavy atom. The second-order valence-corrected chi connectivity index (χ2v) is 3.47. The average Bonchev–Trinajstić information content (AvgIpc) is 2.00. The highest BCUT2D eigenvalue weighted by Gasteiger charge is 2.21. The molecule has 0 fully saturated rings. The van der Waals surface area contributed by atoms with Gasteiger partial charge < -0.3 is 15.1 Å². The summed E-state index contributed by atoms with van der Waals surface area (Å²) >= 11 is 0. The van der Waals surface area contributed by atoms with E-state index in [4.69, 9.17) is 15.1 Å². The van der Waals surface area contributed by atoms with Gasteiger partial charge in [0.05, 0.1) is 19.8 Å². The number of hydrogen-bond donors (Lipinski definition) is 3. The Kier molecular flexibility index (Phi) is 5.65. The molecule has 0 aromatic heterocycles. The maximum absolute atomic E-state index is 10.8. The lowest BCUT2D eigenvalue weighted by atomic mass is 10.4. The molecule has 7 heteroatoms. The lowest BCUT2D eigenvalue weighted by molar-refractivity contribution is 0.0370. The summed E-state index contributed by atoms with van der Waals surface area (Å²) < 4.78 is 19.4. The normalized spacial score (nSPS) is 18.7. The third-order valence-electron chi connectivity index (χ3n) is 0.933. The fraction of sp³-hybridized carbons (Fsp3) is 1.00. The smallest absolute Gasteiger partial charge is 0.394 e. The number of hydrogen-bond acceptors (Lipinski definition) is 5. The van der Waals surface area contributed by atoms with E-state index in [9.17, 15) is 4.57 Å². The molecule has 1 unspecified atom stereocenters. The first kappa shape index (κ1) is 12.0. The summed E-state index contributed by atoms with van der Waals surface area (Å²) in [6.45, 7) is 0.633. The van der Waals surface area contributed by atoms with Gasteiger partial charge in [-0.05, 0) is 6.92 Å². The Labute approximate surface area is 70.4 Å². The minimum absolute atomic E-state index is 0.0446. The Morgan fingerprint density at radius 3 is 2.50 bits per heavy atom. The molecule has 0 aliphatic rings. The minimum atomic E-state index is -4.03. The average molecular weight is 200 g/mol. The van der Waals surface area contributed by atoms with Crippen molar-refractivity contribution in [1.29, 1.82) is 0 Å². The van der Waals surface area contributed by atoms with Crippen molar-refractivity contribution >= 4 is 7.82 Å². The topological polar surface area (TPSA) is 96.2 Å². The van der Waals surface area contributed by atoms with Gasteiger partial charge in [0.15, 0.2) is 0 Å². The van der Waals surface area contributed by atoms with Crippen LogP contribution in [0, 0.1) is 0 Å². The molecular weight excluding hydrogens is 187 g/mol. The first-order valence-electron chi connectivity index (χ1n) is 3.42. The van der Waals surface area contributed by atoms with Gasteiger partial charge in [-0.25, -0.2) is 4.57 Å². The molecule has 0 radical (unpaired) electrons. The van der Waals surface area contributed by atoms with E-state index in [0.29, 0.717) is 0 Å². The van der Waals surface area contributed by atoms with E-state index in [0.717, 1.165) is 0 Å². The summed E-state index contributed by atoms with van der Waals surface area (Å²) in [6, 6.07) is 0. The Hall–Kier alpha value is 0.0300. The molecule has 0 aromatic rings. The van der Waals surface area contributed by atoms with Gasteiger partial charge in [-0.15, -0.1) is 0 Å².